The van der Waals surface area contributed by atoms with Crippen LogP contribution < -0.4 is 10.1 Å². The highest BCUT2D eigenvalue weighted by atomic mass is 16.5. The number of carbonyl (C=O) groups excluding carboxylic acids is 1. The highest BCUT2D eigenvalue weighted by molar-refractivity contribution is 5.94. The molecule has 0 aliphatic rings. The molecule has 0 saturated carbocycles. The summed E-state index contributed by atoms with van der Waals surface area (Å²) in [5, 5.41) is 4.34. The van der Waals surface area contributed by atoms with Crippen molar-refractivity contribution in [2.75, 3.05) is 19.5 Å². The first-order valence-corrected chi connectivity index (χ1v) is 7.51. The lowest BCUT2D eigenvalue weighted by Crippen LogP contribution is -2.01. The predicted octanol–water partition coefficient (Wildman–Crippen LogP) is 4.08. The minimum Gasteiger partial charge on any atom is -0.497 e. The SMILES string of the molecule is COC(=O)c1ccc(Nc2cc(C)nc3ccc(OC)cc23)cc1. The zero-order chi connectivity index (χ0) is 17.1. The van der Waals surface area contributed by atoms with Gasteiger partial charge in [-0.2, -0.15) is 0 Å². The van der Waals surface area contributed by atoms with E-state index in [4.69, 9.17) is 9.47 Å². The van der Waals surface area contributed by atoms with E-state index in [0.29, 0.717) is 5.56 Å². The molecule has 0 amide bonds. The molecule has 0 bridgehead atoms. The number of benzene rings is 2. The van der Waals surface area contributed by atoms with E-state index in [1.165, 1.54) is 7.11 Å². The van der Waals surface area contributed by atoms with Crippen molar-refractivity contribution in [1.29, 1.82) is 0 Å². The number of aromatic nitrogens is 1. The third-order valence-corrected chi connectivity index (χ3v) is 3.73. The molecular formula is C19H18N2O3. The summed E-state index contributed by atoms with van der Waals surface area (Å²) in [7, 11) is 3.01. The summed E-state index contributed by atoms with van der Waals surface area (Å²) in [6, 6.07) is 14.9. The summed E-state index contributed by atoms with van der Waals surface area (Å²) in [4.78, 5) is 16.1. The van der Waals surface area contributed by atoms with Gasteiger partial charge in [-0.15, -0.1) is 0 Å². The zero-order valence-corrected chi connectivity index (χ0v) is 13.8. The number of anilines is 2. The van der Waals surface area contributed by atoms with E-state index < -0.39 is 0 Å². The number of nitrogens with zero attached hydrogens (tertiary/aromatic N) is 1. The molecular weight excluding hydrogens is 304 g/mol. The van der Waals surface area contributed by atoms with E-state index in [1.807, 2.05) is 43.3 Å². The van der Waals surface area contributed by atoms with Crippen molar-refractivity contribution >= 4 is 28.2 Å². The van der Waals surface area contributed by atoms with Crippen LogP contribution in [-0.2, 0) is 4.74 Å². The second-order valence-electron chi connectivity index (χ2n) is 5.39. The molecule has 5 nitrogen and oxygen atoms in total. The Labute approximate surface area is 140 Å². The fourth-order valence-electron chi connectivity index (χ4n) is 2.53. The van der Waals surface area contributed by atoms with E-state index in [-0.39, 0.29) is 5.97 Å². The number of hydrogen-bond acceptors (Lipinski definition) is 5. The molecule has 3 rings (SSSR count). The van der Waals surface area contributed by atoms with Crippen molar-refractivity contribution in [1.82, 2.24) is 4.98 Å². The maximum Gasteiger partial charge on any atom is 0.337 e. The normalized spacial score (nSPS) is 10.5. The standard InChI is InChI=1S/C19H18N2O3/c1-12-10-18(16-11-15(23-2)8-9-17(16)20-12)21-14-6-4-13(5-7-14)19(22)24-3/h4-11H,1-3H3,(H,20,21). The lowest BCUT2D eigenvalue weighted by Gasteiger charge is -2.12. The summed E-state index contributed by atoms with van der Waals surface area (Å²) in [6.45, 7) is 1.95. The second-order valence-corrected chi connectivity index (χ2v) is 5.39. The first-order chi connectivity index (χ1) is 11.6. The van der Waals surface area contributed by atoms with Crippen LogP contribution in [0.5, 0.6) is 5.75 Å². The van der Waals surface area contributed by atoms with E-state index in [1.54, 1.807) is 19.2 Å². The number of rotatable bonds is 4. The van der Waals surface area contributed by atoms with Gasteiger partial charge < -0.3 is 14.8 Å². The monoisotopic (exact) mass is 322 g/mol. The molecule has 0 aliphatic heterocycles. The van der Waals surface area contributed by atoms with Crippen molar-refractivity contribution in [2.24, 2.45) is 0 Å². The van der Waals surface area contributed by atoms with Gasteiger partial charge in [-0.1, -0.05) is 0 Å². The molecule has 122 valence electrons. The van der Waals surface area contributed by atoms with Gasteiger partial charge in [0.2, 0.25) is 0 Å². The molecule has 0 radical (unpaired) electrons. The molecule has 3 aromatic rings. The first-order valence-electron chi connectivity index (χ1n) is 7.51. The highest BCUT2D eigenvalue weighted by Crippen LogP contribution is 2.29. The van der Waals surface area contributed by atoms with Gasteiger partial charge in [-0.25, -0.2) is 4.79 Å². The van der Waals surface area contributed by atoms with Gasteiger partial charge in [0.25, 0.3) is 0 Å². The summed E-state index contributed by atoms with van der Waals surface area (Å²) in [6.07, 6.45) is 0. The molecule has 2 aromatic carbocycles. The minimum atomic E-state index is -0.350. The highest BCUT2D eigenvalue weighted by Gasteiger charge is 2.08. The van der Waals surface area contributed by atoms with E-state index in [2.05, 4.69) is 10.3 Å². The predicted molar refractivity (Wildman–Crippen MR) is 94.1 cm³/mol. The quantitative estimate of drug-likeness (QED) is 0.733. The summed E-state index contributed by atoms with van der Waals surface area (Å²) in [5.41, 5.74) is 4.13. The van der Waals surface area contributed by atoms with Crippen molar-refractivity contribution in [3.63, 3.8) is 0 Å². The molecule has 0 atom stereocenters. The largest absolute Gasteiger partial charge is 0.497 e. The molecule has 1 N–H and O–H groups in total. The molecule has 0 unspecified atom stereocenters. The van der Waals surface area contributed by atoms with Crippen LogP contribution in [0.3, 0.4) is 0 Å². The maximum absolute atomic E-state index is 11.5. The summed E-state index contributed by atoms with van der Waals surface area (Å²) >= 11 is 0. The maximum atomic E-state index is 11.5. The molecule has 1 aromatic heterocycles. The Balaban J connectivity index is 1.98. The van der Waals surface area contributed by atoms with E-state index >= 15 is 0 Å². The van der Waals surface area contributed by atoms with Crippen LogP contribution in [0.25, 0.3) is 10.9 Å². The molecule has 1 heterocycles. The van der Waals surface area contributed by atoms with Crippen LogP contribution in [0.2, 0.25) is 0 Å². The number of fused-ring (bicyclic) bond motifs is 1. The Hall–Kier alpha value is -3.08. The van der Waals surface area contributed by atoms with Crippen molar-refractivity contribution < 1.29 is 14.3 Å². The Morgan fingerprint density at radius 1 is 1.04 bits per heavy atom. The van der Waals surface area contributed by atoms with Crippen molar-refractivity contribution in [2.45, 2.75) is 6.92 Å². The van der Waals surface area contributed by atoms with E-state index in [9.17, 15) is 4.79 Å². The van der Waals surface area contributed by atoms with Gasteiger partial charge in [-0.05, 0) is 55.5 Å². The van der Waals surface area contributed by atoms with Crippen LogP contribution in [0.4, 0.5) is 11.4 Å². The number of pyridine rings is 1. The van der Waals surface area contributed by atoms with Crippen LogP contribution >= 0.6 is 0 Å². The Kier molecular flexibility index (Phi) is 4.33. The molecule has 5 heteroatoms. The Bertz CT molecular complexity index is 889. The van der Waals surface area contributed by atoms with Gasteiger partial charge in [0.15, 0.2) is 0 Å². The molecule has 0 fully saturated rings. The Morgan fingerprint density at radius 3 is 2.46 bits per heavy atom. The fraction of sp³-hybridized carbons (Fsp3) is 0.158. The number of aryl methyl sites for hydroxylation is 1. The molecule has 0 spiro atoms. The molecule has 24 heavy (non-hydrogen) atoms. The van der Waals surface area contributed by atoms with Crippen molar-refractivity contribution in [3.05, 3.63) is 59.8 Å². The molecule has 0 saturated heterocycles. The number of ether oxygens (including phenoxy) is 2. The van der Waals surface area contributed by atoms with Crippen LogP contribution in [0.1, 0.15) is 16.1 Å². The van der Waals surface area contributed by atoms with Gasteiger partial charge in [0.1, 0.15) is 5.75 Å². The zero-order valence-electron chi connectivity index (χ0n) is 13.8. The van der Waals surface area contributed by atoms with Crippen molar-refractivity contribution in [3.8, 4) is 5.75 Å². The third-order valence-electron chi connectivity index (χ3n) is 3.73. The minimum absolute atomic E-state index is 0.350. The van der Waals surface area contributed by atoms with Gasteiger partial charge in [-0.3, -0.25) is 4.98 Å². The van der Waals surface area contributed by atoms with Gasteiger partial charge >= 0.3 is 5.97 Å². The first kappa shape index (κ1) is 15.8. The summed E-state index contributed by atoms with van der Waals surface area (Å²) in [5.74, 6) is 0.425. The number of methoxy groups -OCH3 is 2. The number of hydrogen-bond donors (Lipinski definition) is 1. The molecule has 0 aliphatic carbocycles. The average molecular weight is 322 g/mol. The van der Waals surface area contributed by atoms with Gasteiger partial charge in [0.05, 0.1) is 25.3 Å². The lowest BCUT2D eigenvalue weighted by atomic mass is 10.1. The topological polar surface area (TPSA) is 60.5 Å². The fourth-order valence-corrected chi connectivity index (χ4v) is 2.53. The number of esters is 1. The Morgan fingerprint density at radius 2 is 1.79 bits per heavy atom. The number of carbonyl (C=O) groups is 1. The summed E-state index contributed by atoms with van der Waals surface area (Å²) < 4.78 is 10.0. The number of nitrogens with one attached hydrogen (secondary N) is 1. The lowest BCUT2D eigenvalue weighted by molar-refractivity contribution is 0.0601. The van der Waals surface area contributed by atoms with Crippen LogP contribution in [-0.4, -0.2) is 25.2 Å². The third kappa shape index (κ3) is 3.15. The second kappa shape index (κ2) is 6.58. The van der Waals surface area contributed by atoms with Crippen LogP contribution in [0.15, 0.2) is 48.5 Å². The average Bonchev–Trinajstić information content (AvgIpc) is 2.61. The van der Waals surface area contributed by atoms with E-state index in [0.717, 1.165) is 33.7 Å². The smallest absolute Gasteiger partial charge is 0.337 e. The van der Waals surface area contributed by atoms with Crippen LogP contribution in [0, 0.1) is 6.92 Å². The van der Waals surface area contributed by atoms with Gasteiger partial charge in [0, 0.05) is 22.5 Å².